The van der Waals surface area contributed by atoms with Gasteiger partial charge in [0, 0.05) is 15.6 Å². The highest BCUT2D eigenvalue weighted by atomic mass is 35.5. The fourth-order valence-electron chi connectivity index (χ4n) is 1.96. The molecule has 0 radical (unpaired) electrons. The number of rotatable bonds is 4. The number of nitrogens with zero attached hydrogens (tertiary/aromatic N) is 2. The Bertz CT molecular complexity index is 802. The van der Waals surface area contributed by atoms with Crippen LogP contribution in [0, 0.1) is 6.92 Å². The maximum absolute atomic E-state index is 5.95. The molecule has 0 aliphatic heterocycles. The third kappa shape index (κ3) is 3.40. The minimum Gasteiger partial charge on any atom is -0.484 e. The van der Waals surface area contributed by atoms with Gasteiger partial charge in [-0.25, -0.2) is 0 Å². The number of hydrogen-bond donors (Lipinski definition) is 0. The molecule has 112 valence electrons. The van der Waals surface area contributed by atoms with Gasteiger partial charge in [-0.1, -0.05) is 29.3 Å². The molecule has 0 amide bonds. The predicted molar refractivity (Wildman–Crippen MR) is 85.3 cm³/mol. The molecule has 22 heavy (non-hydrogen) atoms. The Morgan fingerprint density at radius 3 is 2.64 bits per heavy atom. The van der Waals surface area contributed by atoms with Gasteiger partial charge in [-0.2, -0.15) is 0 Å². The van der Waals surface area contributed by atoms with Crippen LogP contribution in [0.25, 0.3) is 11.5 Å². The van der Waals surface area contributed by atoms with Crippen LogP contribution < -0.4 is 4.74 Å². The molecule has 0 saturated carbocycles. The van der Waals surface area contributed by atoms with E-state index in [-0.39, 0.29) is 6.61 Å². The Morgan fingerprint density at radius 1 is 1.05 bits per heavy atom. The molecule has 0 bridgehead atoms. The lowest BCUT2D eigenvalue weighted by atomic mass is 10.2. The standard InChI is InChI=1S/C16H12Cl2N2O2/c1-10-7-13(18)5-6-14(10)21-9-15-19-20-16(22-15)11-3-2-4-12(17)8-11/h2-8H,9H2,1H3. The molecule has 0 atom stereocenters. The zero-order valence-electron chi connectivity index (χ0n) is 11.7. The van der Waals surface area contributed by atoms with E-state index in [2.05, 4.69) is 10.2 Å². The number of aromatic nitrogens is 2. The third-order valence-electron chi connectivity index (χ3n) is 3.03. The summed E-state index contributed by atoms with van der Waals surface area (Å²) in [5.41, 5.74) is 1.72. The Labute approximate surface area is 137 Å². The molecule has 0 fully saturated rings. The Hall–Kier alpha value is -2.04. The molecule has 1 heterocycles. The smallest absolute Gasteiger partial charge is 0.254 e. The average Bonchev–Trinajstić information content (AvgIpc) is 2.95. The lowest BCUT2D eigenvalue weighted by molar-refractivity contribution is 0.263. The van der Waals surface area contributed by atoms with E-state index in [9.17, 15) is 0 Å². The van der Waals surface area contributed by atoms with Crippen molar-refractivity contribution in [2.75, 3.05) is 0 Å². The number of benzene rings is 2. The van der Waals surface area contributed by atoms with E-state index in [1.54, 1.807) is 18.2 Å². The van der Waals surface area contributed by atoms with E-state index in [0.717, 1.165) is 16.9 Å². The molecule has 0 aliphatic rings. The second-order valence-corrected chi connectivity index (χ2v) is 5.58. The van der Waals surface area contributed by atoms with Gasteiger partial charge in [-0.15, -0.1) is 10.2 Å². The first-order chi connectivity index (χ1) is 10.6. The molecular weight excluding hydrogens is 323 g/mol. The van der Waals surface area contributed by atoms with E-state index >= 15 is 0 Å². The van der Waals surface area contributed by atoms with Gasteiger partial charge in [-0.05, 0) is 48.9 Å². The van der Waals surface area contributed by atoms with E-state index in [4.69, 9.17) is 32.4 Å². The zero-order chi connectivity index (χ0) is 15.5. The number of halogens is 2. The molecule has 0 spiro atoms. The summed E-state index contributed by atoms with van der Waals surface area (Å²) in [5, 5.41) is 9.26. The van der Waals surface area contributed by atoms with Gasteiger partial charge in [-0.3, -0.25) is 0 Å². The summed E-state index contributed by atoms with van der Waals surface area (Å²) in [4.78, 5) is 0. The van der Waals surface area contributed by atoms with Crippen molar-refractivity contribution in [3.05, 3.63) is 64.0 Å². The van der Waals surface area contributed by atoms with Gasteiger partial charge in [0.1, 0.15) is 5.75 Å². The normalized spacial score (nSPS) is 10.7. The van der Waals surface area contributed by atoms with Gasteiger partial charge < -0.3 is 9.15 Å². The summed E-state index contributed by atoms with van der Waals surface area (Å²) >= 11 is 11.9. The van der Waals surface area contributed by atoms with Crippen LogP contribution in [-0.2, 0) is 6.61 Å². The van der Waals surface area contributed by atoms with Crippen molar-refractivity contribution < 1.29 is 9.15 Å². The van der Waals surface area contributed by atoms with Crippen LogP contribution in [0.15, 0.2) is 46.9 Å². The largest absolute Gasteiger partial charge is 0.484 e. The Kier molecular flexibility index (Phi) is 4.32. The van der Waals surface area contributed by atoms with Crippen LogP contribution in [0.5, 0.6) is 5.75 Å². The molecule has 0 unspecified atom stereocenters. The van der Waals surface area contributed by atoms with Gasteiger partial charge in [0.25, 0.3) is 5.89 Å². The van der Waals surface area contributed by atoms with Crippen LogP contribution in [0.4, 0.5) is 0 Å². The molecule has 0 saturated heterocycles. The summed E-state index contributed by atoms with van der Waals surface area (Å²) in [7, 11) is 0. The molecule has 3 aromatic rings. The quantitative estimate of drug-likeness (QED) is 0.678. The summed E-state index contributed by atoms with van der Waals surface area (Å²) < 4.78 is 11.2. The van der Waals surface area contributed by atoms with E-state index in [1.807, 2.05) is 31.2 Å². The molecule has 6 heteroatoms. The SMILES string of the molecule is Cc1cc(Cl)ccc1OCc1nnc(-c2cccc(Cl)c2)o1. The minimum atomic E-state index is 0.191. The molecular formula is C16H12Cl2N2O2. The van der Waals surface area contributed by atoms with Crippen molar-refractivity contribution in [3.63, 3.8) is 0 Å². The number of ether oxygens (including phenoxy) is 1. The van der Waals surface area contributed by atoms with E-state index in [1.165, 1.54) is 0 Å². The fourth-order valence-corrected chi connectivity index (χ4v) is 2.38. The minimum absolute atomic E-state index is 0.191. The lowest BCUT2D eigenvalue weighted by Gasteiger charge is -2.06. The number of hydrogen-bond acceptors (Lipinski definition) is 4. The summed E-state index contributed by atoms with van der Waals surface area (Å²) in [6, 6.07) is 12.7. The van der Waals surface area contributed by atoms with Crippen molar-refractivity contribution >= 4 is 23.2 Å². The van der Waals surface area contributed by atoms with Crippen molar-refractivity contribution in [3.8, 4) is 17.2 Å². The van der Waals surface area contributed by atoms with E-state index in [0.29, 0.717) is 21.8 Å². The lowest BCUT2D eigenvalue weighted by Crippen LogP contribution is -1.97. The van der Waals surface area contributed by atoms with Crippen molar-refractivity contribution in [2.24, 2.45) is 0 Å². The summed E-state index contributed by atoms with van der Waals surface area (Å²) in [5.74, 6) is 1.53. The maximum Gasteiger partial charge on any atom is 0.254 e. The third-order valence-corrected chi connectivity index (χ3v) is 3.50. The number of aryl methyl sites for hydroxylation is 1. The first kappa shape index (κ1) is 14.9. The summed E-state index contributed by atoms with van der Waals surface area (Å²) in [6.07, 6.45) is 0. The first-order valence-corrected chi connectivity index (χ1v) is 7.35. The molecule has 0 aliphatic carbocycles. The second-order valence-electron chi connectivity index (χ2n) is 4.71. The van der Waals surface area contributed by atoms with Crippen LogP contribution in [-0.4, -0.2) is 10.2 Å². The molecule has 0 N–H and O–H groups in total. The van der Waals surface area contributed by atoms with Crippen LogP contribution in [0.2, 0.25) is 10.0 Å². The predicted octanol–water partition coefficient (Wildman–Crippen LogP) is 4.93. The van der Waals surface area contributed by atoms with Gasteiger partial charge >= 0.3 is 0 Å². The Balaban J connectivity index is 1.72. The highest BCUT2D eigenvalue weighted by molar-refractivity contribution is 6.31. The van der Waals surface area contributed by atoms with Crippen molar-refractivity contribution in [1.29, 1.82) is 0 Å². The molecule has 2 aromatic carbocycles. The topological polar surface area (TPSA) is 48.2 Å². The van der Waals surface area contributed by atoms with E-state index < -0.39 is 0 Å². The van der Waals surface area contributed by atoms with Gasteiger partial charge in [0.2, 0.25) is 5.89 Å². The van der Waals surface area contributed by atoms with Crippen molar-refractivity contribution in [1.82, 2.24) is 10.2 Å². The Morgan fingerprint density at radius 2 is 1.86 bits per heavy atom. The van der Waals surface area contributed by atoms with Crippen LogP contribution >= 0.6 is 23.2 Å². The van der Waals surface area contributed by atoms with Crippen LogP contribution in [0.3, 0.4) is 0 Å². The van der Waals surface area contributed by atoms with Crippen molar-refractivity contribution in [2.45, 2.75) is 13.5 Å². The molecule has 1 aromatic heterocycles. The maximum atomic E-state index is 5.95. The summed E-state index contributed by atoms with van der Waals surface area (Å²) in [6.45, 7) is 2.11. The monoisotopic (exact) mass is 334 g/mol. The molecule has 3 rings (SSSR count). The van der Waals surface area contributed by atoms with Crippen LogP contribution in [0.1, 0.15) is 11.5 Å². The highest BCUT2D eigenvalue weighted by Crippen LogP contribution is 2.24. The van der Waals surface area contributed by atoms with Gasteiger partial charge in [0.15, 0.2) is 6.61 Å². The zero-order valence-corrected chi connectivity index (χ0v) is 13.2. The highest BCUT2D eigenvalue weighted by Gasteiger charge is 2.10. The first-order valence-electron chi connectivity index (χ1n) is 6.59. The van der Waals surface area contributed by atoms with Gasteiger partial charge in [0.05, 0.1) is 0 Å². The molecule has 4 nitrogen and oxygen atoms in total. The second kappa shape index (κ2) is 6.38. The average molecular weight is 335 g/mol. The fraction of sp³-hybridized carbons (Fsp3) is 0.125.